The summed E-state index contributed by atoms with van der Waals surface area (Å²) < 4.78 is 0. The zero-order valence-electron chi connectivity index (χ0n) is 13.6. The molecule has 1 aromatic rings. The average molecular weight is 289 g/mol. The first-order valence-electron chi connectivity index (χ1n) is 7.59. The van der Waals surface area contributed by atoms with Crippen molar-refractivity contribution in [1.82, 2.24) is 0 Å². The molecular formula is C19H28S. The molecule has 0 saturated heterocycles. The predicted octanol–water partition coefficient (Wildman–Crippen LogP) is 6.42. The van der Waals surface area contributed by atoms with Crippen molar-refractivity contribution in [2.75, 3.05) is 6.26 Å². The summed E-state index contributed by atoms with van der Waals surface area (Å²) in [5.41, 5.74) is 5.93. The fourth-order valence-electron chi connectivity index (χ4n) is 2.32. The lowest BCUT2D eigenvalue weighted by Gasteiger charge is -2.09. The molecule has 1 heteroatoms. The van der Waals surface area contributed by atoms with Gasteiger partial charge in [-0.25, -0.2) is 0 Å². The Labute approximate surface area is 129 Å². The molecule has 0 radical (unpaired) electrons. The summed E-state index contributed by atoms with van der Waals surface area (Å²) in [6.45, 7) is 9.02. The quantitative estimate of drug-likeness (QED) is 0.412. The lowest BCUT2D eigenvalue weighted by molar-refractivity contribution is 0.892. The second-order valence-electron chi connectivity index (χ2n) is 5.42. The highest BCUT2D eigenvalue weighted by Gasteiger charge is 2.01. The second-order valence-corrected chi connectivity index (χ2v) is 6.30. The minimum absolute atomic E-state index is 1.05. The van der Waals surface area contributed by atoms with Crippen molar-refractivity contribution in [3.8, 4) is 0 Å². The molecule has 0 bridgehead atoms. The van der Waals surface area contributed by atoms with Gasteiger partial charge in [-0.3, -0.25) is 0 Å². The molecule has 1 aromatic carbocycles. The van der Waals surface area contributed by atoms with Crippen molar-refractivity contribution in [2.45, 2.75) is 58.3 Å². The smallest absolute Gasteiger partial charge is 0.00693 e. The van der Waals surface area contributed by atoms with E-state index in [1.165, 1.54) is 40.0 Å². The largest absolute Gasteiger partial charge is 0.130 e. The lowest BCUT2D eigenvalue weighted by Crippen LogP contribution is -1.91. The number of hydrogen-bond acceptors (Lipinski definition) is 1. The average Bonchev–Trinajstić information content (AvgIpc) is 2.46. The third-order valence-corrected chi connectivity index (χ3v) is 4.40. The van der Waals surface area contributed by atoms with Gasteiger partial charge in [0, 0.05) is 4.90 Å². The van der Waals surface area contributed by atoms with Crippen molar-refractivity contribution in [3.63, 3.8) is 0 Å². The van der Waals surface area contributed by atoms with Crippen LogP contribution in [0.25, 0.3) is 0 Å². The number of allylic oxidation sites excluding steroid dienone is 4. The number of hydrogen-bond donors (Lipinski definition) is 0. The SMILES string of the molecule is CCCC(/C=C(\C)Cc1ccc(SC)cc1)=C(/C)CC. The van der Waals surface area contributed by atoms with Crippen LogP contribution in [-0.4, -0.2) is 6.26 Å². The molecule has 0 N–H and O–H groups in total. The van der Waals surface area contributed by atoms with Gasteiger partial charge in [-0.15, -0.1) is 11.8 Å². The van der Waals surface area contributed by atoms with E-state index in [4.69, 9.17) is 0 Å². The van der Waals surface area contributed by atoms with Crippen LogP contribution >= 0.6 is 11.8 Å². The maximum absolute atomic E-state index is 2.41. The summed E-state index contributed by atoms with van der Waals surface area (Å²) in [7, 11) is 0. The molecule has 0 heterocycles. The van der Waals surface area contributed by atoms with E-state index in [1.807, 2.05) is 0 Å². The van der Waals surface area contributed by atoms with Gasteiger partial charge in [-0.2, -0.15) is 0 Å². The molecule has 110 valence electrons. The van der Waals surface area contributed by atoms with E-state index < -0.39 is 0 Å². The molecule has 0 unspecified atom stereocenters. The van der Waals surface area contributed by atoms with E-state index >= 15 is 0 Å². The highest BCUT2D eigenvalue weighted by molar-refractivity contribution is 7.98. The molecule has 0 amide bonds. The zero-order chi connectivity index (χ0) is 15.0. The van der Waals surface area contributed by atoms with Crippen molar-refractivity contribution in [2.24, 2.45) is 0 Å². The Morgan fingerprint density at radius 2 is 1.75 bits per heavy atom. The summed E-state index contributed by atoms with van der Waals surface area (Å²) in [6.07, 6.45) is 9.15. The minimum Gasteiger partial charge on any atom is -0.130 e. The van der Waals surface area contributed by atoms with Crippen LogP contribution in [-0.2, 0) is 6.42 Å². The Hall–Kier alpha value is -0.950. The monoisotopic (exact) mass is 288 g/mol. The van der Waals surface area contributed by atoms with Gasteiger partial charge in [-0.05, 0) is 62.6 Å². The van der Waals surface area contributed by atoms with Crippen LogP contribution in [0.2, 0.25) is 0 Å². The van der Waals surface area contributed by atoms with Crippen molar-refractivity contribution in [1.29, 1.82) is 0 Å². The zero-order valence-corrected chi connectivity index (χ0v) is 14.4. The molecular weight excluding hydrogens is 260 g/mol. The molecule has 0 nitrogen and oxygen atoms in total. The van der Waals surface area contributed by atoms with E-state index in [0.717, 1.165) is 12.8 Å². The Balaban J connectivity index is 2.81. The summed E-state index contributed by atoms with van der Waals surface area (Å²) in [5.74, 6) is 0. The maximum atomic E-state index is 2.41. The molecule has 0 aromatic heterocycles. The highest BCUT2D eigenvalue weighted by atomic mass is 32.2. The van der Waals surface area contributed by atoms with Crippen LogP contribution in [0.1, 0.15) is 52.5 Å². The molecule has 0 aliphatic heterocycles. The number of rotatable bonds is 7. The first-order chi connectivity index (χ1) is 9.60. The van der Waals surface area contributed by atoms with Gasteiger partial charge in [0.2, 0.25) is 0 Å². The summed E-state index contributed by atoms with van der Waals surface area (Å²) >= 11 is 1.80. The fraction of sp³-hybridized carbons (Fsp3) is 0.474. The Morgan fingerprint density at radius 3 is 2.25 bits per heavy atom. The number of benzene rings is 1. The molecule has 0 atom stereocenters. The Kier molecular flexibility index (Phi) is 7.76. The standard InChI is InChI=1S/C19H28S/c1-6-8-18(16(4)7-2)14-15(3)13-17-9-11-19(20-5)12-10-17/h9-12,14H,6-8,13H2,1-5H3/b15-14+,18-16+. The third-order valence-electron chi connectivity index (χ3n) is 3.66. The van der Waals surface area contributed by atoms with Gasteiger partial charge >= 0.3 is 0 Å². The third kappa shape index (κ3) is 5.58. The normalized spacial score (nSPS) is 13.3. The molecule has 0 fully saturated rings. The molecule has 0 aliphatic carbocycles. The minimum atomic E-state index is 1.05. The first kappa shape index (κ1) is 17.1. The van der Waals surface area contributed by atoms with E-state index in [1.54, 1.807) is 11.8 Å². The van der Waals surface area contributed by atoms with E-state index in [0.29, 0.717) is 0 Å². The summed E-state index contributed by atoms with van der Waals surface area (Å²) in [6, 6.07) is 8.93. The highest BCUT2D eigenvalue weighted by Crippen LogP contribution is 2.20. The fourth-order valence-corrected chi connectivity index (χ4v) is 2.73. The van der Waals surface area contributed by atoms with Crippen LogP contribution in [0, 0.1) is 0 Å². The van der Waals surface area contributed by atoms with Gasteiger partial charge in [0.15, 0.2) is 0 Å². The number of thioether (sulfide) groups is 1. The summed E-state index contributed by atoms with van der Waals surface area (Å²) in [5, 5.41) is 0. The second kappa shape index (κ2) is 9.07. The van der Waals surface area contributed by atoms with Crippen LogP contribution in [0.4, 0.5) is 0 Å². The van der Waals surface area contributed by atoms with Crippen molar-refractivity contribution < 1.29 is 0 Å². The topological polar surface area (TPSA) is 0 Å². The van der Waals surface area contributed by atoms with Gasteiger partial charge in [0.05, 0.1) is 0 Å². The van der Waals surface area contributed by atoms with Crippen LogP contribution in [0.5, 0.6) is 0 Å². The van der Waals surface area contributed by atoms with Gasteiger partial charge in [0.1, 0.15) is 0 Å². The maximum Gasteiger partial charge on any atom is 0.00693 e. The van der Waals surface area contributed by atoms with Gasteiger partial charge in [-0.1, -0.05) is 49.6 Å². The van der Waals surface area contributed by atoms with Crippen LogP contribution < -0.4 is 0 Å². The van der Waals surface area contributed by atoms with Crippen molar-refractivity contribution >= 4 is 11.8 Å². The van der Waals surface area contributed by atoms with E-state index in [9.17, 15) is 0 Å². The lowest BCUT2D eigenvalue weighted by atomic mass is 9.98. The van der Waals surface area contributed by atoms with E-state index in [2.05, 4.69) is 64.3 Å². The predicted molar refractivity (Wildman–Crippen MR) is 93.6 cm³/mol. The molecule has 0 saturated carbocycles. The molecule has 0 spiro atoms. The molecule has 0 aliphatic rings. The Bertz CT molecular complexity index is 463. The van der Waals surface area contributed by atoms with Gasteiger partial charge in [0.25, 0.3) is 0 Å². The van der Waals surface area contributed by atoms with Crippen molar-refractivity contribution in [3.05, 3.63) is 52.6 Å². The van der Waals surface area contributed by atoms with Crippen LogP contribution in [0.15, 0.2) is 52.0 Å². The Morgan fingerprint density at radius 1 is 1.10 bits per heavy atom. The summed E-state index contributed by atoms with van der Waals surface area (Å²) in [4.78, 5) is 1.34. The van der Waals surface area contributed by atoms with E-state index in [-0.39, 0.29) is 0 Å². The van der Waals surface area contributed by atoms with Gasteiger partial charge < -0.3 is 0 Å². The van der Waals surface area contributed by atoms with Crippen LogP contribution in [0.3, 0.4) is 0 Å². The molecule has 20 heavy (non-hydrogen) atoms. The first-order valence-corrected chi connectivity index (χ1v) is 8.81. The molecule has 1 rings (SSSR count).